The van der Waals surface area contributed by atoms with E-state index in [-0.39, 0.29) is 11.8 Å². The van der Waals surface area contributed by atoms with Crippen molar-refractivity contribution in [1.29, 1.82) is 0 Å². The molecule has 8 heteroatoms. The molecule has 4 aromatic rings. The third kappa shape index (κ3) is 2.77. The molecule has 0 atom stereocenters. The smallest absolute Gasteiger partial charge is 0.227 e. The molecule has 0 spiro atoms. The SMILES string of the molecule is Cn1cnc2c(N3CCC(C(=O)Nc4cccc5[nH]ccc45)CC3)ncnc21. The maximum absolute atomic E-state index is 12.8. The maximum Gasteiger partial charge on any atom is 0.227 e. The van der Waals surface area contributed by atoms with Gasteiger partial charge in [0.2, 0.25) is 5.91 Å². The summed E-state index contributed by atoms with van der Waals surface area (Å²) < 4.78 is 1.89. The van der Waals surface area contributed by atoms with Crippen molar-refractivity contribution in [3.05, 3.63) is 43.1 Å². The van der Waals surface area contributed by atoms with Gasteiger partial charge in [-0.05, 0) is 31.0 Å². The number of hydrogen-bond acceptors (Lipinski definition) is 5. The van der Waals surface area contributed by atoms with Gasteiger partial charge in [0.1, 0.15) is 6.33 Å². The average Bonchev–Trinajstić information content (AvgIpc) is 3.36. The van der Waals surface area contributed by atoms with Crippen LogP contribution in [-0.4, -0.2) is 43.5 Å². The summed E-state index contributed by atoms with van der Waals surface area (Å²) in [5, 5.41) is 4.14. The maximum atomic E-state index is 12.8. The summed E-state index contributed by atoms with van der Waals surface area (Å²) in [7, 11) is 1.92. The highest BCUT2D eigenvalue weighted by Gasteiger charge is 2.27. The Morgan fingerprint density at radius 1 is 1.18 bits per heavy atom. The molecule has 2 N–H and O–H groups in total. The van der Waals surface area contributed by atoms with Crippen LogP contribution in [0.3, 0.4) is 0 Å². The number of aromatic amines is 1. The molecule has 1 saturated heterocycles. The molecule has 5 rings (SSSR count). The first kappa shape index (κ1) is 16.7. The lowest BCUT2D eigenvalue weighted by molar-refractivity contribution is -0.120. The van der Waals surface area contributed by atoms with Gasteiger partial charge >= 0.3 is 0 Å². The summed E-state index contributed by atoms with van der Waals surface area (Å²) in [4.78, 5) is 31.4. The van der Waals surface area contributed by atoms with Crippen molar-refractivity contribution < 1.29 is 4.79 Å². The minimum Gasteiger partial charge on any atom is -0.361 e. The number of anilines is 2. The second-order valence-electron chi connectivity index (χ2n) is 7.22. The number of piperidine rings is 1. The monoisotopic (exact) mass is 375 g/mol. The van der Waals surface area contributed by atoms with Gasteiger partial charge in [-0.3, -0.25) is 4.79 Å². The Hall–Kier alpha value is -3.42. The largest absolute Gasteiger partial charge is 0.361 e. The third-order valence-corrected chi connectivity index (χ3v) is 5.50. The molecule has 8 nitrogen and oxygen atoms in total. The first-order valence-corrected chi connectivity index (χ1v) is 9.44. The fourth-order valence-corrected chi connectivity index (χ4v) is 3.95. The topological polar surface area (TPSA) is 91.7 Å². The van der Waals surface area contributed by atoms with Crippen LogP contribution in [0.25, 0.3) is 22.1 Å². The molecular formula is C20H21N7O. The van der Waals surface area contributed by atoms with Crippen LogP contribution in [0, 0.1) is 5.92 Å². The molecule has 1 aromatic carbocycles. The van der Waals surface area contributed by atoms with Gasteiger partial charge in [0.15, 0.2) is 17.0 Å². The minimum absolute atomic E-state index is 0.00786. The Bertz CT molecular complexity index is 1150. The number of hydrogen-bond donors (Lipinski definition) is 2. The summed E-state index contributed by atoms with van der Waals surface area (Å²) in [5.41, 5.74) is 3.52. The molecule has 0 aliphatic carbocycles. The Morgan fingerprint density at radius 3 is 2.89 bits per heavy atom. The van der Waals surface area contributed by atoms with Crippen molar-refractivity contribution in [2.24, 2.45) is 13.0 Å². The van der Waals surface area contributed by atoms with E-state index in [1.54, 1.807) is 12.7 Å². The molecule has 1 aliphatic rings. The Kier molecular flexibility index (Phi) is 3.96. The molecule has 0 unspecified atom stereocenters. The summed E-state index contributed by atoms with van der Waals surface area (Å²) in [6, 6.07) is 7.89. The molecule has 0 bridgehead atoms. The van der Waals surface area contributed by atoms with Gasteiger partial charge in [-0.2, -0.15) is 0 Å². The first-order chi connectivity index (χ1) is 13.7. The molecule has 4 heterocycles. The van der Waals surface area contributed by atoms with Crippen LogP contribution in [0.1, 0.15) is 12.8 Å². The molecule has 142 valence electrons. The van der Waals surface area contributed by atoms with E-state index in [0.29, 0.717) is 0 Å². The average molecular weight is 375 g/mol. The first-order valence-electron chi connectivity index (χ1n) is 9.44. The van der Waals surface area contributed by atoms with Crippen LogP contribution < -0.4 is 10.2 Å². The number of aromatic nitrogens is 5. The third-order valence-electron chi connectivity index (χ3n) is 5.50. The van der Waals surface area contributed by atoms with E-state index in [1.807, 2.05) is 42.1 Å². The Balaban J connectivity index is 1.29. The number of amides is 1. The van der Waals surface area contributed by atoms with Crippen LogP contribution in [0.5, 0.6) is 0 Å². The molecule has 0 saturated carbocycles. The van der Waals surface area contributed by atoms with Gasteiger partial charge in [-0.15, -0.1) is 0 Å². The lowest BCUT2D eigenvalue weighted by atomic mass is 9.95. The molecule has 28 heavy (non-hydrogen) atoms. The highest BCUT2D eigenvalue weighted by Crippen LogP contribution is 2.28. The predicted octanol–water partition coefficient (Wildman–Crippen LogP) is 2.70. The summed E-state index contributed by atoms with van der Waals surface area (Å²) in [5.74, 6) is 0.923. The zero-order valence-corrected chi connectivity index (χ0v) is 15.6. The number of carbonyl (C=O) groups is 1. The number of carbonyl (C=O) groups excluding carboxylic acids is 1. The van der Waals surface area contributed by atoms with Gasteiger partial charge in [-0.1, -0.05) is 6.07 Å². The van der Waals surface area contributed by atoms with E-state index in [4.69, 9.17) is 0 Å². The molecule has 1 fully saturated rings. The number of nitrogens with one attached hydrogen (secondary N) is 2. The van der Waals surface area contributed by atoms with Gasteiger partial charge < -0.3 is 19.8 Å². The molecule has 1 amide bonds. The molecule has 0 radical (unpaired) electrons. The van der Waals surface area contributed by atoms with Crippen LogP contribution in [-0.2, 0) is 11.8 Å². The standard InChI is InChI=1S/C20H21N7O/c1-26-12-24-17-18(26)22-11-23-19(17)27-9-6-13(7-10-27)20(28)25-16-4-2-3-15-14(16)5-8-21-15/h2-5,8,11-13,21H,6-7,9-10H2,1H3,(H,25,28). The van der Waals surface area contributed by atoms with Gasteiger partial charge in [0.05, 0.1) is 12.0 Å². The zero-order valence-electron chi connectivity index (χ0n) is 15.6. The Labute approximate surface area is 161 Å². The van der Waals surface area contributed by atoms with E-state index in [1.165, 1.54) is 0 Å². The van der Waals surface area contributed by atoms with E-state index in [0.717, 1.165) is 59.5 Å². The number of nitrogens with zero attached hydrogens (tertiary/aromatic N) is 5. The number of benzene rings is 1. The fourth-order valence-electron chi connectivity index (χ4n) is 3.95. The van der Waals surface area contributed by atoms with Gasteiger partial charge in [0, 0.05) is 43.2 Å². The highest BCUT2D eigenvalue weighted by molar-refractivity contribution is 6.02. The normalized spacial score (nSPS) is 15.4. The number of imidazole rings is 1. The van der Waals surface area contributed by atoms with Gasteiger partial charge in [-0.25, -0.2) is 15.0 Å². The van der Waals surface area contributed by atoms with Crippen molar-refractivity contribution in [2.45, 2.75) is 12.8 Å². The number of H-pyrrole nitrogens is 1. The van der Waals surface area contributed by atoms with E-state index >= 15 is 0 Å². The summed E-state index contributed by atoms with van der Waals surface area (Å²) in [6.07, 6.45) is 6.79. The lowest BCUT2D eigenvalue weighted by Crippen LogP contribution is -2.38. The highest BCUT2D eigenvalue weighted by atomic mass is 16.1. The van der Waals surface area contributed by atoms with Gasteiger partial charge in [0.25, 0.3) is 0 Å². The Morgan fingerprint density at radius 2 is 2.04 bits per heavy atom. The van der Waals surface area contributed by atoms with Crippen LogP contribution in [0.4, 0.5) is 11.5 Å². The van der Waals surface area contributed by atoms with Crippen molar-refractivity contribution in [1.82, 2.24) is 24.5 Å². The number of rotatable bonds is 3. The van der Waals surface area contributed by atoms with Crippen LogP contribution in [0.2, 0.25) is 0 Å². The van der Waals surface area contributed by atoms with Crippen molar-refractivity contribution in [3.63, 3.8) is 0 Å². The van der Waals surface area contributed by atoms with E-state index in [2.05, 4.69) is 30.2 Å². The molecule has 1 aliphatic heterocycles. The molecule has 3 aromatic heterocycles. The molecular weight excluding hydrogens is 354 g/mol. The second-order valence-corrected chi connectivity index (χ2v) is 7.22. The fraction of sp³-hybridized carbons (Fsp3) is 0.300. The number of aryl methyl sites for hydroxylation is 1. The number of fused-ring (bicyclic) bond motifs is 2. The van der Waals surface area contributed by atoms with Crippen molar-refractivity contribution >= 4 is 39.5 Å². The van der Waals surface area contributed by atoms with Crippen LogP contribution >= 0.6 is 0 Å². The summed E-state index contributed by atoms with van der Waals surface area (Å²) in [6.45, 7) is 1.55. The predicted molar refractivity (Wildman–Crippen MR) is 108 cm³/mol. The van der Waals surface area contributed by atoms with Crippen LogP contribution in [0.15, 0.2) is 43.1 Å². The quantitative estimate of drug-likeness (QED) is 0.574. The van der Waals surface area contributed by atoms with Crippen molar-refractivity contribution in [2.75, 3.05) is 23.3 Å². The summed E-state index contributed by atoms with van der Waals surface area (Å²) >= 11 is 0. The van der Waals surface area contributed by atoms with E-state index < -0.39 is 0 Å². The minimum atomic E-state index is -0.00786. The second kappa shape index (κ2) is 6.63. The zero-order chi connectivity index (χ0) is 19.1. The van der Waals surface area contributed by atoms with E-state index in [9.17, 15) is 4.79 Å². The lowest BCUT2D eigenvalue weighted by Gasteiger charge is -2.32. The van der Waals surface area contributed by atoms with Crippen molar-refractivity contribution in [3.8, 4) is 0 Å².